The summed E-state index contributed by atoms with van der Waals surface area (Å²) in [5.74, 6) is -5.06. The predicted octanol–water partition coefficient (Wildman–Crippen LogP) is 2.81. The van der Waals surface area contributed by atoms with Crippen molar-refractivity contribution in [3.05, 3.63) is 47.5 Å². The van der Waals surface area contributed by atoms with Crippen LogP contribution in [0.2, 0.25) is 0 Å². The van der Waals surface area contributed by atoms with Gasteiger partial charge in [-0.15, -0.1) is 0 Å². The van der Waals surface area contributed by atoms with Crippen LogP contribution < -0.4 is 4.72 Å². The minimum absolute atomic E-state index is 0.117. The minimum atomic E-state index is -5.08. The molecule has 11 nitrogen and oxygen atoms in total. The van der Waals surface area contributed by atoms with Crippen LogP contribution in [-0.2, 0) is 39.2 Å². The molecule has 0 amide bonds. The SMILES string of the molecule is CCS(=O)(=O)NCCC1CN(Cc2cccc(C)n2)Cc2ccnn2C1.O=C(O)C(F)(F)F.O=C(O)C(F)(F)F. The second-order valence-electron chi connectivity index (χ2n) is 8.50. The van der Waals surface area contributed by atoms with E-state index in [1.54, 1.807) is 6.92 Å². The number of rotatable bonds is 7. The minimum Gasteiger partial charge on any atom is -0.475 e. The Labute approximate surface area is 225 Å². The first-order valence-corrected chi connectivity index (χ1v) is 13.2. The lowest BCUT2D eigenvalue weighted by atomic mass is 10.1. The van der Waals surface area contributed by atoms with E-state index in [2.05, 4.69) is 31.8 Å². The number of aryl methyl sites for hydroxylation is 1. The zero-order valence-electron chi connectivity index (χ0n) is 21.4. The van der Waals surface area contributed by atoms with E-state index in [4.69, 9.17) is 19.8 Å². The normalized spacial score (nSPS) is 15.9. The molecule has 0 saturated carbocycles. The van der Waals surface area contributed by atoms with Gasteiger partial charge >= 0.3 is 24.3 Å². The van der Waals surface area contributed by atoms with Gasteiger partial charge in [0.25, 0.3) is 0 Å². The van der Waals surface area contributed by atoms with Crippen molar-refractivity contribution in [1.82, 2.24) is 24.4 Å². The molecule has 1 aliphatic heterocycles. The third-order valence-corrected chi connectivity index (χ3v) is 6.61. The van der Waals surface area contributed by atoms with E-state index < -0.39 is 34.3 Å². The lowest BCUT2D eigenvalue weighted by Gasteiger charge is -2.23. The molecule has 1 aliphatic rings. The van der Waals surface area contributed by atoms with Crippen molar-refractivity contribution in [2.75, 3.05) is 18.8 Å². The summed E-state index contributed by atoms with van der Waals surface area (Å²) in [6.45, 7) is 7.44. The fourth-order valence-electron chi connectivity index (χ4n) is 3.36. The van der Waals surface area contributed by atoms with E-state index in [-0.39, 0.29) is 5.75 Å². The Hall–Kier alpha value is -3.25. The van der Waals surface area contributed by atoms with E-state index >= 15 is 0 Å². The molecule has 0 saturated heterocycles. The van der Waals surface area contributed by atoms with Crippen LogP contribution in [0.15, 0.2) is 30.5 Å². The number of aliphatic carboxylic acids is 2. The van der Waals surface area contributed by atoms with Crippen LogP contribution in [0.5, 0.6) is 0 Å². The molecular formula is C22H29F6N5O6S. The highest BCUT2D eigenvalue weighted by Crippen LogP contribution is 2.20. The van der Waals surface area contributed by atoms with E-state index in [0.717, 1.165) is 44.0 Å². The molecule has 0 fully saturated rings. The second-order valence-corrected chi connectivity index (χ2v) is 10.6. The highest BCUT2D eigenvalue weighted by Gasteiger charge is 2.38. The van der Waals surface area contributed by atoms with Crippen molar-refractivity contribution in [1.29, 1.82) is 0 Å². The predicted molar refractivity (Wildman–Crippen MR) is 128 cm³/mol. The summed E-state index contributed by atoms with van der Waals surface area (Å²) in [6, 6.07) is 8.15. The number of sulfonamides is 1. The van der Waals surface area contributed by atoms with Crippen LogP contribution in [0.25, 0.3) is 0 Å². The highest BCUT2D eigenvalue weighted by molar-refractivity contribution is 7.89. The zero-order valence-corrected chi connectivity index (χ0v) is 22.2. The molecule has 3 N–H and O–H groups in total. The summed E-state index contributed by atoms with van der Waals surface area (Å²) in [6.07, 6.45) is -7.54. The number of nitrogens with zero attached hydrogens (tertiary/aromatic N) is 4. The fourth-order valence-corrected chi connectivity index (χ4v) is 3.99. The molecule has 1 unspecified atom stereocenters. The number of alkyl halides is 6. The molecule has 3 heterocycles. The first-order valence-electron chi connectivity index (χ1n) is 11.6. The molecular weight excluding hydrogens is 576 g/mol. The Morgan fingerprint density at radius 2 is 1.62 bits per heavy atom. The lowest BCUT2D eigenvalue weighted by molar-refractivity contribution is -0.193. The van der Waals surface area contributed by atoms with Crippen molar-refractivity contribution in [3.8, 4) is 0 Å². The smallest absolute Gasteiger partial charge is 0.475 e. The number of nitrogens with one attached hydrogen (secondary N) is 1. The van der Waals surface area contributed by atoms with E-state index in [0.29, 0.717) is 12.5 Å². The molecule has 18 heteroatoms. The average Bonchev–Trinajstić information content (AvgIpc) is 3.17. The summed E-state index contributed by atoms with van der Waals surface area (Å²) in [7, 11) is -3.14. The molecule has 0 spiro atoms. The van der Waals surface area contributed by atoms with Gasteiger partial charge in [0.15, 0.2) is 0 Å². The van der Waals surface area contributed by atoms with Crippen molar-refractivity contribution >= 4 is 22.0 Å². The Morgan fingerprint density at radius 3 is 2.12 bits per heavy atom. The van der Waals surface area contributed by atoms with Gasteiger partial charge in [0.05, 0.1) is 17.1 Å². The Balaban J connectivity index is 0.000000473. The monoisotopic (exact) mass is 605 g/mol. The number of carboxylic acid groups (broad SMARTS) is 2. The number of aromatic nitrogens is 3. The van der Waals surface area contributed by atoms with Crippen molar-refractivity contribution in [2.24, 2.45) is 5.92 Å². The van der Waals surface area contributed by atoms with Gasteiger partial charge in [0.2, 0.25) is 10.0 Å². The molecule has 0 aliphatic carbocycles. The van der Waals surface area contributed by atoms with Gasteiger partial charge in [0, 0.05) is 44.6 Å². The van der Waals surface area contributed by atoms with Gasteiger partial charge < -0.3 is 10.2 Å². The van der Waals surface area contributed by atoms with E-state index in [1.807, 2.05) is 29.9 Å². The third-order valence-electron chi connectivity index (χ3n) is 5.21. The second kappa shape index (κ2) is 14.9. The van der Waals surface area contributed by atoms with Crippen LogP contribution in [0, 0.1) is 12.8 Å². The number of hydrogen-bond acceptors (Lipinski definition) is 7. The Morgan fingerprint density at radius 1 is 1.05 bits per heavy atom. The van der Waals surface area contributed by atoms with Gasteiger partial charge in [-0.05, 0) is 44.4 Å². The molecule has 0 bridgehead atoms. The topological polar surface area (TPSA) is 155 Å². The number of halogens is 6. The molecule has 0 radical (unpaired) electrons. The van der Waals surface area contributed by atoms with Gasteiger partial charge in [0.1, 0.15) is 0 Å². The largest absolute Gasteiger partial charge is 0.490 e. The standard InChI is InChI=1S/C18H27N5O2S.2C2HF3O2/c1-3-26(24,25)20-10-7-16-11-22(13-17-6-4-5-15(2)21-17)14-18-8-9-19-23(18)12-16;2*3-2(4,5)1(6)7/h4-6,8-9,16,20H,3,7,10-14H2,1-2H3;2*(H,6,7). The Kier molecular flexibility index (Phi) is 13.0. The van der Waals surface area contributed by atoms with Gasteiger partial charge in [-0.25, -0.2) is 22.7 Å². The number of carboxylic acids is 2. The highest BCUT2D eigenvalue weighted by atomic mass is 32.2. The number of hydrogen-bond donors (Lipinski definition) is 3. The van der Waals surface area contributed by atoms with E-state index in [9.17, 15) is 34.8 Å². The fraction of sp³-hybridized carbons (Fsp3) is 0.545. The van der Waals surface area contributed by atoms with Crippen LogP contribution in [0.1, 0.15) is 30.4 Å². The molecule has 2 aromatic heterocycles. The summed E-state index contributed by atoms with van der Waals surface area (Å²) in [4.78, 5) is 24.8. The lowest BCUT2D eigenvalue weighted by Crippen LogP contribution is -2.32. The average molecular weight is 606 g/mol. The van der Waals surface area contributed by atoms with Crippen LogP contribution in [0.3, 0.4) is 0 Å². The van der Waals surface area contributed by atoms with Crippen LogP contribution in [-0.4, -0.2) is 81.4 Å². The first-order chi connectivity index (χ1) is 18.3. The van der Waals surface area contributed by atoms with Gasteiger partial charge in [-0.2, -0.15) is 31.4 Å². The molecule has 3 rings (SSSR count). The molecule has 0 aromatic carbocycles. The number of pyridine rings is 1. The molecule has 40 heavy (non-hydrogen) atoms. The molecule has 226 valence electrons. The van der Waals surface area contributed by atoms with Crippen molar-refractivity contribution in [2.45, 2.75) is 52.3 Å². The zero-order chi connectivity index (χ0) is 30.7. The summed E-state index contributed by atoms with van der Waals surface area (Å²) < 4.78 is 91.5. The van der Waals surface area contributed by atoms with E-state index in [1.165, 1.54) is 5.69 Å². The number of fused-ring (bicyclic) bond motifs is 1. The maximum absolute atomic E-state index is 11.7. The molecule has 1 atom stereocenters. The number of carbonyl (C=O) groups is 2. The van der Waals surface area contributed by atoms with Crippen molar-refractivity contribution in [3.63, 3.8) is 0 Å². The molecule has 2 aromatic rings. The maximum atomic E-state index is 11.7. The Bertz CT molecular complexity index is 1200. The van der Waals surface area contributed by atoms with Gasteiger partial charge in [-0.1, -0.05) is 6.07 Å². The third kappa shape index (κ3) is 13.2. The quantitative estimate of drug-likeness (QED) is 0.404. The summed E-state index contributed by atoms with van der Waals surface area (Å²) >= 11 is 0. The van der Waals surface area contributed by atoms with Gasteiger partial charge in [-0.3, -0.25) is 14.6 Å². The first kappa shape index (κ1) is 34.8. The summed E-state index contributed by atoms with van der Waals surface area (Å²) in [5, 5.41) is 18.7. The van der Waals surface area contributed by atoms with Crippen LogP contribution >= 0.6 is 0 Å². The summed E-state index contributed by atoms with van der Waals surface area (Å²) in [5.41, 5.74) is 3.27. The maximum Gasteiger partial charge on any atom is 0.490 e. The van der Waals surface area contributed by atoms with Crippen molar-refractivity contribution < 1.29 is 54.6 Å². The van der Waals surface area contributed by atoms with Crippen LogP contribution in [0.4, 0.5) is 26.3 Å².